The molecule has 1 heterocycles. The maximum Gasteiger partial charge on any atom is 0.255 e. The molecule has 1 fully saturated rings. The third kappa shape index (κ3) is 4.03. The van der Waals surface area contributed by atoms with E-state index >= 15 is 0 Å². The van der Waals surface area contributed by atoms with E-state index in [2.05, 4.69) is 5.32 Å². The lowest BCUT2D eigenvalue weighted by Gasteiger charge is -2.26. The van der Waals surface area contributed by atoms with Gasteiger partial charge in [-0.1, -0.05) is 42.0 Å². The average molecular weight is 406 g/mol. The van der Waals surface area contributed by atoms with Gasteiger partial charge in [-0.2, -0.15) is 0 Å². The molecule has 0 bridgehead atoms. The van der Waals surface area contributed by atoms with Gasteiger partial charge in [-0.05, 0) is 43.3 Å². The maximum atomic E-state index is 13.5. The van der Waals surface area contributed by atoms with Gasteiger partial charge in [0, 0.05) is 22.5 Å². The predicted octanol–water partition coefficient (Wildman–Crippen LogP) is 5.17. The van der Waals surface area contributed by atoms with E-state index in [4.69, 9.17) is 0 Å². The van der Waals surface area contributed by atoms with E-state index in [0.29, 0.717) is 11.4 Å². The van der Waals surface area contributed by atoms with Crippen LogP contribution in [0.2, 0.25) is 0 Å². The van der Waals surface area contributed by atoms with Crippen molar-refractivity contribution >= 4 is 35.0 Å². The Bertz CT molecular complexity index is 1070. The highest BCUT2D eigenvalue weighted by Crippen LogP contribution is 2.44. The van der Waals surface area contributed by atoms with Crippen molar-refractivity contribution in [2.24, 2.45) is 0 Å². The van der Waals surface area contributed by atoms with Crippen LogP contribution < -0.4 is 10.2 Å². The molecule has 29 heavy (non-hydrogen) atoms. The largest absolute Gasteiger partial charge is 0.322 e. The Balaban J connectivity index is 1.66. The smallest absolute Gasteiger partial charge is 0.255 e. The Morgan fingerprint density at radius 3 is 2.59 bits per heavy atom. The number of hydrogen-bond donors (Lipinski definition) is 1. The summed E-state index contributed by atoms with van der Waals surface area (Å²) in [5.41, 5.74) is 3.61. The zero-order valence-electron chi connectivity index (χ0n) is 15.8. The fourth-order valence-electron chi connectivity index (χ4n) is 3.29. The van der Waals surface area contributed by atoms with Crippen molar-refractivity contribution in [2.45, 2.75) is 12.3 Å². The van der Waals surface area contributed by atoms with Crippen LogP contribution >= 0.6 is 11.8 Å². The normalized spacial score (nSPS) is 16.1. The number of aryl methyl sites for hydroxylation is 1. The molecular weight excluding hydrogens is 387 g/mol. The number of amides is 2. The zero-order chi connectivity index (χ0) is 20.4. The Labute approximate surface area is 172 Å². The third-order valence-corrected chi connectivity index (χ3v) is 5.94. The monoisotopic (exact) mass is 406 g/mol. The Hall–Kier alpha value is -3.12. The van der Waals surface area contributed by atoms with E-state index in [1.165, 1.54) is 30.0 Å². The van der Waals surface area contributed by atoms with E-state index in [-0.39, 0.29) is 16.8 Å². The van der Waals surface area contributed by atoms with Crippen molar-refractivity contribution in [3.8, 4) is 0 Å². The summed E-state index contributed by atoms with van der Waals surface area (Å²) in [7, 11) is 0. The maximum absolute atomic E-state index is 13.5. The summed E-state index contributed by atoms with van der Waals surface area (Å²) in [6, 6.07) is 20.8. The molecule has 0 aliphatic carbocycles. The van der Waals surface area contributed by atoms with Crippen LogP contribution in [-0.4, -0.2) is 17.6 Å². The number of thioether (sulfide) groups is 1. The van der Waals surface area contributed by atoms with E-state index in [1.807, 2.05) is 49.4 Å². The second-order valence-corrected chi connectivity index (χ2v) is 7.88. The number of carbonyl (C=O) groups is 2. The molecule has 146 valence electrons. The van der Waals surface area contributed by atoms with Crippen molar-refractivity contribution in [2.75, 3.05) is 16.0 Å². The number of hydrogen-bond acceptors (Lipinski definition) is 3. The lowest BCUT2D eigenvalue weighted by molar-refractivity contribution is -0.115. The second kappa shape index (κ2) is 8.09. The summed E-state index contributed by atoms with van der Waals surface area (Å²) >= 11 is 1.52. The molecule has 1 aliphatic heterocycles. The number of nitrogens with zero attached hydrogens (tertiary/aromatic N) is 1. The molecule has 1 saturated heterocycles. The highest BCUT2D eigenvalue weighted by Gasteiger charge is 2.35. The molecule has 4 nitrogen and oxygen atoms in total. The van der Waals surface area contributed by atoms with Gasteiger partial charge in [0.1, 0.15) is 11.2 Å². The summed E-state index contributed by atoms with van der Waals surface area (Å²) in [5, 5.41) is 2.61. The number of nitrogens with one attached hydrogen (secondary N) is 1. The standard InChI is InChI=1S/C23H19FN2O2S/c1-15-9-11-18(12-10-15)26-21(27)14-29-23(26)19-7-2-3-8-20(19)25-22(28)16-5-4-6-17(24)13-16/h2-13,23H,14H2,1H3,(H,25,28). The van der Waals surface area contributed by atoms with Crippen LogP contribution in [0.25, 0.3) is 0 Å². The first-order valence-corrected chi connectivity index (χ1v) is 10.2. The minimum Gasteiger partial charge on any atom is -0.322 e. The van der Waals surface area contributed by atoms with Crippen LogP contribution in [0.5, 0.6) is 0 Å². The predicted molar refractivity (Wildman–Crippen MR) is 115 cm³/mol. The fourth-order valence-corrected chi connectivity index (χ4v) is 4.50. The van der Waals surface area contributed by atoms with Crippen LogP contribution in [0.3, 0.4) is 0 Å². The molecule has 4 rings (SSSR count). The van der Waals surface area contributed by atoms with Gasteiger partial charge >= 0.3 is 0 Å². The topological polar surface area (TPSA) is 49.4 Å². The van der Waals surface area contributed by atoms with Crippen LogP contribution in [0.4, 0.5) is 15.8 Å². The van der Waals surface area contributed by atoms with Gasteiger partial charge in [0.05, 0.1) is 5.75 Å². The fraction of sp³-hybridized carbons (Fsp3) is 0.130. The molecule has 3 aromatic rings. The SMILES string of the molecule is Cc1ccc(N2C(=O)CSC2c2ccccc2NC(=O)c2cccc(F)c2)cc1. The van der Waals surface area contributed by atoms with E-state index in [1.54, 1.807) is 17.0 Å². The molecule has 1 unspecified atom stereocenters. The molecule has 3 aromatic carbocycles. The quantitative estimate of drug-likeness (QED) is 0.651. The number of anilines is 2. The highest BCUT2D eigenvalue weighted by atomic mass is 32.2. The van der Waals surface area contributed by atoms with Crippen molar-refractivity contribution in [3.63, 3.8) is 0 Å². The number of carbonyl (C=O) groups excluding carboxylic acids is 2. The van der Waals surface area contributed by atoms with Gasteiger partial charge < -0.3 is 5.32 Å². The molecule has 1 N–H and O–H groups in total. The molecule has 0 saturated carbocycles. The van der Waals surface area contributed by atoms with Gasteiger partial charge in [-0.15, -0.1) is 11.8 Å². The number of benzene rings is 3. The first kappa shape index (κ1) is 19.2. The lowest BCUT2D eigenvalue weighted by atomic mass is 10.1. The second-order valence-electron chi connectivity index (χ2n) is 6.81. The molecule has 2 amide bonds. The number of rotatable bonds is 4. The Kier molecular flexibility index (Phi) is 5.36. The summed E-state index contributed by atoms with van der Waals surface area (Å²) < 4.78 is 13.5. The summed E-state index contributed by atoms with van der Waals surface area (Å²) in [4.78, 5) is 27.0. The molecule has 1 aliphatic rings. The van der Waals surface area contributed by atoms with Crippen LogP contribution in [0, 0.1) is 12.7 Å². The van der Waals surface area contributed by atoms with Gasteiger partial charge in [0.2, 0.25) is 5.91 Å². The number of halogens is 1. The van der Waals surface area contributed by atoms with E-state index in [9.17, 15) is 14.0 Å². The molecule has 0 radical (unpaired) electrons. The Morgan fingerprint density at radius 2 is 1.83 bits per heavy atom. The summed E-state index contributed by atoms with van der Waals surface area (Å²) in [5.74, 6) is -0.471. The minimum absolute atomic E-state index is 0.0233. The van der Waals surface area contributed by atoms with Gasteiger partial charge in [-0.3, -0.25) is 14.5 Å². The molecule has 0 aromatic heterocycles. The summed E-state index contributed by atoms with van der Waals surface area (Å²) in [6.45, 7) is 2.00. The minimum atomic E-state index is -0.464. The third-order valence-electron chi connectivity index (χ3n) is 4.74. The highest BCUT2D eigenvalue weighted by molar-refractivity contribution is 8.00. The summed E-state index contributed by atoms with van der Waals surface area (Å²) in [6.07, 6.45) is 0. The van der Waals surface area contributed by atoms with Gasteiger partial charge in [0.25, 0.3) is 5.91 Å². The van der Waals surface area contributed by atoms with Gasteiger partial charge in [0.15, 0.2) is 0 Å². The zero-order valence-corrected chi connectivity index (χ0v) is 16.6. The first-order chi connectivity index (χ1) is 14.0. The van der Waals surface area contributed by atoms with Crippen LogP contribution in [0.1, 0.15) is 26.9 Å². The molecular formula is C23H19FN2O2S. The molecule has 0 spiro atoms. The van der Waals surface area contributed by atoms with Crippen molar-refractivity contribution in [1.82, 2.24) is 0 Å². The number of para-hydroxylation sites is 1. The lowest BCUT2D eigenvalue weighted by Crippen LogP contribution is -2.28. The molecule has 1 atom stereocenters. The first-order valence-electron chi connectivity index (χ1n) is 9.19. The van der Waals surface area contributed by atoms with Crippen molar-refractivity contribution < 1.29 is 14.0 Å². The Morgan fingerprint density at radius 1 is 1.07 bits per heavy atom. The van der Waals surface area contributed by atoms with E-state index < -0.39 is 11.7 Å². The van der Waals surface area contributed by atoms with Gasteiger partial charge in [-0.25, -0.2) is 4.39 Å². The van der Waals surface area contributed by atoms with Crippen LogP contribution in [-0.2, 0) is 4.79 Å². The molecule has 6 heteroatoms. The van der Waals surface area contributed by atoms with E-state index in [0.717, 1.165) is 16.8 Å². The van der Waals surface area contributed by atoms with Crippen molar-refractivity contribution in [1.29, 1.82) is 0 Å². The van der Waals surface area contributed by atoms with Crippen LogP contribution in [0.15, 0.2) is 72.8 Å². The average Bonchev–Trinajstić information content (AvgIpc) is 3.10. The van der Waals surface area contributed by atoms with Crippen molar-refractivity contribution in [3.05, 3.63) is 95.3 Å².